The van der Waals surface area contributed by atoms with Gasteiger partial charge in [-0.25, -0.2) is 0 Å². The Balaban J connectivity index is 1.93. The summed E-state index contributed by atoms with van der Waals surface area (Å²) in [6.45, 7) is 9.03. The van der Waals surface area contributed by atoms with Gasteiger partial charge in [0.1, 0.15) is 0 Å². The molecule has 2 rings (SSSR count). The highest BCUT2D eigenvalue weighted by Gasteiger charge is 2.51. The van der Waals surface area contributed by atoms with Crippen molar-refractivity contribution in [3.05, 3.63) is 34.9 Å². The topological polar surface area (TPSA) is 12.0 Å². The third-order valence-electron chi connectivity index (χ3n) is 3.84. The predicted octanol–water partition coefficient (Wildman–Crippen LogP) is 3.86. The average molecular weight is 252 g/mol. The van der Waals surface area contributed by atoms with Crippen LogP contribution in [0.5, 0.6) is 0 Å². The number of hydrogen-bond donors (Lipinski definition) is 1. The summed E-state index contributed by atoms with van der Waals surface area (Å²) in [4.78, 5) is 0. The van der Waals surface area contributed by atoms with E-state index < -0.39 is 0 Å². The maximum Gasteiger partial charge on any atom is 0.0443 e. The van der Waals surface area contributed by atoms with Gasteiger partial charge in [0.05, 0.1) is 0 Å². The summed E-state index contributed by atoms with van der Waals surface area (Å²) in [5.41, 5.74) is 1.61. The van der Waals surface area contributed by atoms with Gasteiger partial charge < -0.3 is 5.32 Å². The van der Waals surface area contributed by atoms with Gasteiger partial charge in [0.15, 0.2) is 0 Å². The van der Waals surface area contributed by atoms with Crippen molar-refractivity contribution in [3.63, 3.8) is 0 Å². The molecule has 0 radical (unpaired) electrons. The molecule has 0 saturated heterocycles. The Morgan fingerprint density at radius 1 is 1.41 bits per heavy atom. The fourth-order valence-electron chi connectivity index (χ4n) is 2.55. The Kier molecular flexibility index (Phi) is 3.79. The molecule has 2 unspecified atom stereocenters. The third kappa shape index (κ3) is 2.83. The van der Waals surface area contributed by atoms with Crippen LogP contribution in [0.1, 0.15) is 32.8 Å². The van der Waals surface area contributed by atoms with Gasteiger partial charge in [0.2, 0.25) is 0 Å². The molecule has 1 nitrogen and oxygen atoms in total. The molecule has 1 aromatic rings. The summed E-state index contributed by atoms with van der Waals surface area (Å²) in [5.74, 6) is 1.46. The Morgan fingerprint density at radius 2 is 2.12 bits per heavy atom. The van der Waals surface area contributed by atoms with Gasteiger partial charge in [-0.05, 0) is 48.4 Å². The molecule has 2 heteroatoms. The van der Waals surface area contributed by atoms with E-state index in [1.807, 2.05) is 12.1 Å². The maximum atomic E-state index is 6.28. The minimum Gasteiger partial charge on any atom is -0.316 e. The standard InChI is InChI=1S/C15H22ClN/c1-11(2)9-17-10-12-8-15(12,3)13-6-4-5-7-14(13)16/h4-7,11-12,17H,8-10H2,1-3H3. The number of hydrogen-bond acceptors (Lipinski definition) is 1. The second-order valence-electron chi connectivity index (χ2n) is 5.85. The van der Waals surface area contributed by atoms with E-state index in [0.717, 1.165) is 29.9 Å². The van der Waals surface area contributed by atoms with E-state index in [-0.39, 0.29) is 0 Å². The lowest BCUT2D eigenvalue weighted by Gasteiger charge is -2.14. The Bertz CT molecular complexity index is 388. The minimum absolute atomic E-state index is 0.294. The molecule has 1 fully saturated rings. The van der Waals surface area contributed by atoms with Crippen molar-refractivity contribution in [1.29, 1.82) is 0 Å². The lowest BCUT2D eigenvalue weighted by molar-refractivity contribution is 0.515. The van der Waals surface area contributed by atoms with Crippen LogP contribution in [0.2, 0.25) is 5.02 Å². The van der Waals surface area contributed by atoms with Gasteiger partial charge in [-0.2, -0.15) is 0 Å². The molecule has 94 valence electrons. The summed E-state index contributed by atoms with van der Waals surface area (Å²) in [6, 6.07) is 8.26. The van der Waals surface area contributed by atoms with Crippen molar-refractivity contribution < 1.29 is 0 Å². The molecule has 1 saturated carbocycles. The van der Waals surface area contributed by atoms with Crippen LogP contribution >= 0.6 is 11.6 Å². The largest absolute Gasteiger partial charge is 0.316 e. The van der Waals surface area contributed by atoms with Gasteiger partial charge >= 0.3 is 0 Å². The van der Waals surface area contributed by atoms with Crippen molar-refractivity contribution in [2.24, 2.45) is 11.8 Å². The van der Waals surface area contributed by atoms with Crippen molar-refractivity contribution >= 4 is 11.6 Å². The van der Waals surface area contributed by atoms with Gasteiger partial charge in [-0.15, -0.1) is 0 Å². The summed E-state index contributed by atoms with van der Waals surface area (Å²) in [6.07, 6.45) is 1.25. The first-order valence-electron chi connectivity index (χ1n) is 6.50. The Morgan fingerprint density at radius 3 is 2.76 bits per heavy atom. The first-order valence-corrected chi connectivity index (χ1v) is 6.87. The third-order valence-corrected chi connectivity index (χ3v) is 4.17. The van der Waals surface area contributed by atoms with Crippen LogP contribution in [0.3, 0.4) is 0 Å². The monoisotopic (exact) mass is 251 g/mol. The first-order chi connectivity index (χ1) is 8.04. The van der Waals surface area contributed by atoms with Crippen molar-refractivity contribution in [2.45, 2.75) is 32.6 Å². The van der Waals surface area contributed by atoms with Crippen molar-refractivity contribution in [3.8, 4) is 0 Å². The van der Waals surface area contributed by atoms with Crippen LogP contribution in [0.25, 0.3) is 0 Å². The Hall–Kier alpha value is -0.530. The Labute approximate surface area is 110 Å². The molecule has 2 atom stereocenters. The van der Waals surface area contributed by atoms with Gasteiger partial charge in [-0.1, -0.05) is 50.6 Å². The number of halogens is 1. The zero-order chi connectivity index (χ0) is 12.5. The number of benzene rings is 1. The molecule has 1 aromatic carbocycles. The molecular weight excluding hydrogens is 230 g/mol. The van der Waals surface area contributed by atoms with Gasteiger partial charge in [0.25, 0.3) is 0 Å². The van der Waals surface area contributed by atoms with Crippen LogP contribution in [0, 0.1) is 11.8 Å². The fraction of sp³-hybridized carbons (Fsp3) is 0.600. The lowest BCUT2D eigenvalue weighted by Crippen LogP contribution is -2.24. The summed E-state index contributed by atoms with van der Waals surface area (Å²) < 4.78 is 0. The van der Waals surface area contributed by atoms with Crippen LogP contribution in [-0.2, 0) is 5.41 Å². The van der Waals surface area contributed by atoms with E-state index in [2.05, 4.69) is 38.2 Å². The van der Waals surface area contributed by atoms with E-state index >= 15 is 0 Å². The summed E-state index contributed by atoms with van der Waals surface area (Å²) >= 11 is 6.28. The van der Waals surface area contributed by atoms with Crippen molar-refractivity contribution in [1.82, 2.24) is 5.32 Å². The van der Waals surface area contributed by atoms with E-state index in [1.54, 1.807) is 0 Å². The molecular formula is C15H22ClN. The highest BCUT2D eigenvalue weighted by atomic mass is 35.5. The quantitative estimate of drug-likeness (QED) is 0.838. The van der Waals surface area contributed by atoms with E-state index in [1.165, 1.54) is 12.0 Å². The second-order valence-corrected chi connectivity index (χ2v) is 6.26. The zero-order valence-corrected chi connectivity index (χ0v) is 11.7. The normalized spacial score (nSPS) is 27.5. The molecule has 0 aromatic heterocycles. The van der Waals surface area contributed by atoms with Crippen molar-refractivity contribution in [2.75, 3.05) is 13.1 Å². The molecule has 1 N–H and O–H groups in total. The van der Waals surface area contributed by atoms with E-state index in [0.29, 0.717) is 5.41 Å². The molecule has 0 spiro atoms. The van der Waals surface area contributed by atoms with Crippen LogP contribution < -0.4 is 5.32 Å². The minimum atomic E-state index is 0.294. The van der Waals surface area contributed by atoms with E-state index in [9.17, 15) is 0 Å². The average Bonchev–Trinajstić information content (AvgIpc) is 2.91. The van der Waals surface area contributed by atoms with Gasteiger partial charge in [0, 0.05) is 5.02 Å². The SMILES string of the molecule is CC(C)CNCC1CC1(C)c1ccccc1Cl. The predicted molar refractivity (Wildman–Crippen MR) is 74.6 cm³/mol. The molecule has 1 aliphatic rings. The first kappa shape index (κ1) is 12.9. The molecule has 17 heavy (non-hydrogen) atoms. The highest BCUT2D eigenvalue weighted by molar-refractivity contribution is 6.31. The summed E-state index contributed by atoms with van der Waals surface area (Å²) in [5, 5.41) is 4.47. The number of rotatable bonds is 5. The highest BCUT2D eigenvalue weighted by Crippen LogP contribution is 2.55. The molecule has 1 aliphatic carbocycles. The van der Waals surface area contributed by atoms with E-state index in [4.69, 9.17) is 11.6 Å². The molecule has 0 bridgehead atoms. The fourth-order valence-corrected chi connectivity index (χ4v) is 2.90. The zero-order valence-electron chi connectivity index (χ0n) is 11.0. The summed E-state index contributed by atoms with van der Waals surface area (Å²) in [7, 11) is 0. The van der Waals surface area contributed by atoms with Gasteiger partial charge in [-0.3, -0.25) is 0 Å². The molecule has 0 aliphatic heterocycles. The molecule has 0 heterocycles. The second kappa shape index (κ2) is 4.99. The van der Waals surface area contributed by atoms with Crippen LogP contribution in [0.4, 0.5) is 0 Å². The molecule has 0 amide bonds. The van der Waals surface area contributed by atoms with Crippen LogP contribution in [-0.4, -0.2) is 13.1 Å². The van der Waals surface area contributed by atoms with Crippen LogP contribution in [0.15, 0.2) is 24.3 Å². The smallest absolute Gasteiger partial charge is 0.0443 e. The number of nitrogens with one attached hydrogen (secondary N) is 1. The maximum absolute atomic E-state index is 6.28. The lowest BCUT2D eigenvalue weighted by atomic mass is 9.95.